The van der Waals surface area contributed by atoms with Crippen LogP contribution in [0.3, 0.4) is 0 Å². The van der Waals surface area contributed by atoms with Crippen LogP contribution >= 0.6 is 0 Å². The van der Waals surface area contributed by atoms with Crippen LogP contribution in [0, 0.1) is 11.8 Å². The lowest BCUT2D eigenvalue weighted by atomic mass is 9.76. The van der Waals surface area contributed by atoms with E-state index >= 15 is 0 Å². The van der Waals surface area contributed by atoms with Crippen LogP contribution in [0.4, 0.5) is 0 Å². The number of carbonyl (C=O) groups excluding carboxylic acids is 2. The molecule has 2 aliphatic heterocycles. The van der Waals surface area contributed by atoms with Crippen molar-refractivity contribution < 1.29 is 14.3 Å². The Kier molecular flexibility index (Phi) is 6.58. The van der Waals surface area contributed by atoms with Crippen molar-refractivity contribution in [2.45, 2.75) is 83.5 Å². The summed E-state index contributed by atoms with van der Waals surface area (Å²) in [4.78, 5) is 25.2. The van der Waals surface area contributed by atoms with Crippen molar-refractivity contribution in [1.29, 1.82) is 0 Å². The van der Waals surface area contributed by atoms with Gasteiger partial charge in [-0.1, -0.05) is 5.57 Å². The van der Waals surface area contributed by atoms with E-state index in [0.29, 0.717) is 23.6 Å². The van der Waals surface area contributed by atoms with Gasteiger partial charge in [-0.05, 0) is 65.3 Å². The van der Waals surface area contributed by atoms with E-state index in [1.54, 1.807) is 7.11 Å². The van der Waals surface area contributed by atoms with Gasteiger partial charge in [-0.25, -0.2) is 0 Å². The molecular formula is C21H35N3O3. The first-order valence-electron chi connectivity index (χ1n) is 10.5. The lowest BCUT2D eigenvalue weighted by molar-refractivity contribution is -0.125. The number of ether oxygens (including phenoxy) is 1. The van der Waals surface area contributed by atoms with Crippen molar-refractivity contribution in [2.75, 3.05) is 13.7 Å². The number of fused-ring (bicyclic) bond motifs is 1. The summed E-state index contributed by atoms with van der Waals surface area (Å²) in [5.74, 6) is 0.658. The predicted molar refractivity (Wildman–Crippen MR) is 105 cm³/mol. The minimum absolute atomic E-state index is 0.0456. The molecule has 1 saturated carbocycles. The van der Waals surface area contributed by atoms with Gasteiger partial charge in [0, 0.05) is 36.7 Å². The van der Waals surface area contributed by atoms with Crippen LogP contribution in [0.1, 0.15) is 59.3 Å². The highest BCUT2D eigenvalue weighted by Gasteiger charge is 2.39. The lowest BCUT2D eigenvalue weighted by Gasteiger charge is -2.42. The number of amides is 2. The minimum Gasteiger partial charge on any atom is -0.381 e. The van der Waals surface area contributed by atoms with Gasteiger partial charge >= 0.3 is 0 Å². The molecule has 3 unspecified atom stereocenters. The predicted octanol–water partition coefficient (Wildman–Crippen LogP) is 1.90. The Labute approximate surface area is 162 Å². The molecule has 4 atom stereocenters. The quantitative estimate of drug-likeness (QED) is 0.684. The van der Waals surface area contributed by atoms with E-state index in [-0.39, 0.29) is 36.2 Å². The summed E-state index contributed by atoms with van der Waals surface area (Å²) < 4.78 is 5.43. The molecule has 0 spiro atoms. The van der Waals surface area contributed by atoms with Gasteiger partial charge in [-0.15, -0.1) is 0 Å². The molecule has 2 fully saturated rings. The summed E-state index contributed by atoms with van der Waals surface area (Å²) in [6.45, 7) is 7.20. The smallest absolute Gasteiger partial charge is 0.247 e. The molecule has 0 aromatic rings. The maximum Gasteiger partial charge on any atom is 0.247 e. The normalized spacial score (nSPS) is 35.3. The zero-order valence-corrected chi connectivity index (χ0v) is 17.1. The molecule has 3 rings (SSSR count). The Morgan fingerprint density at radius 3 is 2.63 bits per heavy atom. The minimum atomic E-state index is -0.0637. The third kappa shape index (κ3) is 4.54. The van der Waals surface area contributed by atoms with Gasteiger partial charge in [-0.2, -0.15) is 0 Å². The molecule has 0 radical (unpaired) electrons. The SMILES string of the molecule is COC1CCC([C@H](C)NC(=O)CC2=C(C)C3C(C)NCCC3NC2=O)CC1. The first-order valence-corrected chi connectivity index (χ1v) is 10.5. The highest BCUT2D eigenvalue weighted by atomic mass is 16.5. The number of piperidine rings is 1. The summed E-state index contributed by atoms with van der Waals surface area (Å²) in [7, 11) is 1.77. The summed E-state index contributed by atoms with van der Waals surface area (Å²) >= 11 is 0. The van der Waals surface area contributed by atoms with Gasteiger partial charge in [0.15, 0.2) is 0 Å². The highest BCUT2D eigenvalue weighted by molar-refractivity contribution is 6.00. The van der Waals surface area contributed by atoms with E-state index in [1.807, 2.05) is 6.92 Å². The van der Waals surface area contributed by atoms with E-state index in [9.17, 15) is 9.59 Å². The van der Waals surface area contributed by atoms with E-state index in [0.717, 1.165) is 44.2 Å². The fourth-order valence-electron chi connectivity index (χ4n) is 5.22. The molecule has 2 heterocycles. The van der Waals surface area contributed by atoms with Crippen LogP contribution in [0.25, 0.3) is 0 Å². The first-order chi connectivity index (χ1) is 12.9. The maximum absolute atomic E-state index is 12.7. The zero-order chi connectivity index (χ0) is 19.6. The second kappa shape index (κ2) is 8.74. The van der Waals surface area contributed by atoms with Gasteiger partial charge in [-0.3, -0.25) is 9.59 Å². The summed E-state index contributed by atoms with van der Waals surface area (Å²) in [5, 5.41) is 9.76. The van der Waals surface area contributed by atoms with Gasteiger partial charge in [0.25, 0.3) is 0 Å². The van der Waals surface area contributed by atoms with Crippen LogP contribution in [0.15, 0.2) is 11.1 Å². The van der Waals surface area contributed by atoms with Gasteiger partial charge in [0.2, 0.25) is 11.8 Å². The van der Waals surface area contributed by atoms with Crippen molar-refractivity contribution in [2.24, 2.45) is 11.8 Å². The molecule has 0 aromatic carbocycles. The van der Waals surface area contributed by atoms with E-state index < -0.39 is 0 Å². The van der Waals surface area contributed by atoms with Gasteiger partial charge < -0.3 is 20.7 Å². The standard InChI is InChI=1S/C21H35N3O3/c1-12-17(21(26)24-18-9-10-22-14(3)20(12)18)11-19(25)23-13(2)15-5-7-16(27-4)8-6-15/h13-16,18,20,22H,5-11H2,1-4H3,(H,23,25)(H,24,26)/t13-,14?,15?,16?,18?,20?/m0/s1. The molecule has 6 nitrogen and oxygen atoms in total. The molecule has 2 amide bonds. The molecule has 152 valence electrons. The Balaban J connectivity index is 1.59. The third-order valence-corrected chi connectivity index (χ3v) is 6.95. The van der Waals surface area contributed by atoms with Crippen LogP contribution in [0.2, 0.25) is 0 Å². The topological polar surface area (TPSA) is 79.5 Å². The molecule has 6 heteroatoms. The molecular weight excluding hydrogens is 342 g/mol. The number of hydrogen-bond donors (Lipinski definition) is 3. The largest absolute Gasteiger partial charge is 0.381 e. The monoisotopic (exact) mass is 377 g/mol. The van der Waals surface area contributed by atoms with Crippen molar-refractivity contribution >= 4 is 11.8 Å². The van der Waals surface area contributed by atoms with Gasteiger partial charge in [0.1, 0.15) is 0 Å². The fourth-order valence-corrected chi connectivity index (χ4v) is 5.22. The molecule has 0 bridgehead atoms. The number of hydrogen-bond acceptors (Lipinski definition) is 4. The molecule has 0 aromatic heterocycles. The molecule has 1 saturated heterocycles. The van der Waals surface area contributed by atoms with Gasteiger partial charge in [0.05, 0.1) is 12.5 Å². The lowest BCUT2D eigenvalue weighted by Crippen LogP contribution is -2.57. The second-order valence-electron chi connectivity index (χ2n) is 8.60. The third-order valence-electron chi connectivity index (χ3n) is 6.95. The highest BCUT2D eigenvalue weighted by Crippen LogP contribution is 2.32. The maximum atomic E-state index is 12.7. The van der Waals surface area contributed by atoms with E-state index in [2.05, 4.69) is 29.8 Å². The Morgan fingerprint density at radius 1 is 1.26 bits per heavy atom. The average Bonchev–Trinajstić information content (AvgIpc) is 2.65. The Morgan fingerprint density at radius 2 is 1.96 bits per heavy atom. The number of rotatable bonds is 5. The summed E-state index contributed by atoms with van der Waals surface area (Å²) in [6, 6.07) is 0.638. The Hall–Kier alpha value is -1.40. The molecule has 1 aliphatic carbocycles. The van der Waals surface area contributed by atoms with Crippen LogP contribution < -0.4 is 16.0 Å². The van der Waals surface area contributed by atoms with E-state index in [1.165, 1.54) is 0 Å². The molecule has 27 heavy (non-hydrogen) atoms. The molecule has 3 aliphatic rings. The van der Waals surface area contributed by atoms with Crippen molar-refractivity contribution in [3.8, 4) is 0 Å². The first kappa shape index (κ1) is 20.3. The fraction of sp³-hybridized carbons (Fsp3) is 0.810. The van der Waals surface area contributed by atoms with Crippen molar-refractivity contribution in [3.05, 3.63) is 11.1 Å². The second-order valence-corrected chi connectivity index (χ2v) is 8.60. The number of nitrogens with one attached hydrogen (secondary N) is 3. The number of carbonyl (C=O) groups is 2. The summed E-state index contributed by atoms with van der Waals surface area (Å²) in [6.07, 6.45) is 5.75. The van der Waals surface area contributed by atoms with Crippen molar-refractivity contribution in [1.82, 2.24) is 16.0 Å². The number of methoxy groups -OCH3 is 1. The van der Waals surface area contributed by atoms with Crippen LogP contribution in [0.5, 0.6) is 0 Å². The Bertz CT molecular complexity index is 595. The summed E-state index contributed by atoms with van der Waals surface area (Å²) in [5.41, 5.74) is 1.73. The zero-order valence-electron chi connectivity index (χ0n) is 17.1. The van der Waals surface area contributed by atoms with Crippen molar-refractivity contribution in [3.63, 3.8) is 0 Å². The van der Waals surface area contributed by atoms with Crippen LogP contribution in [-0.2, 0) is 14.3 Å². The average molecular weight is 378 g/mol. The van der Waals surface area contributed by atoms with Crippen LogP contribution in [-0.4, -0.2) is 49.7 Å². The van der Waals surface area contributed by atoms with E-state index in [4.69, 9.17) is 4.74 Å². The molecule has 3 N–H and O–H groups in total.